The lowest BCUT2D eigenvalue weighted by Gasteiger charge is -2.02. The Balaban J connectivity index is 1.97. The van der Waals surface area contributed by atoms with Gasteiger partial charge in [-0.1, -0.05) is 24.3 Å². The van der Waals surface area contributed by atoms with Crippen LogP contribution in [0.2, 0.25) is 0 Å². The second-order valence-electron chi connectivity index (χ2n) is 3.71. The molecule has 0 fully saturated rings. The van der Waals surface area contributed by atoms with E-state index < -0.39 is 0 Å². The number of aromatic nitrogens is 2. The predicted octanol–water partition coefficient (Wildman–Crippen LogP) is 1.10. The largest absolute Gasteiger partial charge is 0.375 e. The summed E-state index contributed by atoms with van der Waals surface area (Å²) in [7, 11) is 0. The third-order valence-electron chi connectivity index (χ3n) is 2.29. The molecule has 18 heavy (non-hydrogen) atoms. The van der Waals surface area contributed by atoms with Crippen molar-refractivity contribution in [3.63, 3.8) is 0 Å². The van der Waals surface area contributed by atoms with Gasteiger partial charge in [-0.2, -0.15) is 5.10 Å². The van der Waals surface area contributed by atoms with Crippen molar-refractivity contribution < 1.29 is 0 Å². The van der Waals surface area contributed by atoms with Crippen molar-refractivity contribution in [2.45, 2.75) is 6.54 Å². The van der Waals surface area contributed by atoms with Crippen molar-refractivity contribution in [3.05, 3.63) is 54.1 Å². The van der Waals surface area contributed by atoms with Crippen LogP contribution < -0.4 is 11.2 Å². The molecule has 0 saturated carbocycles. The number of benzene rings is 1. The summed E-state index contributed by atoms with van der Waals surface area (Å²) in [5, 5.41) is 4.05. The van der Waals surface area contributed by atoms with Crippen LogP contribution in [0.5, 0.6) is 0 Å². The summed E-state index contributed by atoms with van der Waals surface area (Å²) in [6, 6.07) is 8.05. The summed E-state index contributed by atoms with van der Waals surface area (Å²) in [6.07, 6.45) is 7.16. The third-order valence-corrected chi connectivity index (χ3v) is 2.38. The lowest BCUT2D eigenvalue weighted by atomic mass is 10.1. The second-order valence-corrected chi connectivity index (χ2v) is 4.15. The molecular weight excluding hydrogens is 246 g/mol. The lowest BCUT2D eigenvalue weighted by Crippen LogP contribution is -2.23. The van der Waals surface area contributed by atoms with Gasteiger partial charge in [-0.3, -0.25) is 5.43 Å². The first-order valence-corrected chi connectivity index (χ1v) is 5.78. The Bertz CT molecular complexity index is 530. The monoisotopic (exact) mass is 259 g/mol. The maximum absolute atomic E-state index is 5.25. The highest BCUT2D eigenvalue weighted by Gasteiger charge is 1.94. The first kappa shape index (κ1) is 12.3. The Labute approximate surface area is 110 Å². The first-order chi connectivity index (χ1) is 8.74. The number of nitrogens with zero attached hydrogens (tertiary/aromatic N) is 3. The molecule has 0 amide bonds. The highest BCUT2D eigenvalue weighted by atomic mass is 32.1. The maximum atomic E-state index is 5.25. The summed E-state index contributed by atoms with van der Waals surface area (Å²) < 4.78 is 2.01. The van der Waals surface area contributed by atoms with Crippen LogP contribution >= 0.6 is 12.2 Å². The molecule has 5 nitrogen and oxygen atoms in total. The van der Waals surface area contributed by atoms with Crippen LogP contribution in [-0.2, 0) is 6.54 Å². The minimum atomic E-state index is 0.156. The van der Waals surface area contributed by atoms with Crippen molar-refractivity contribution in [3.8, 4) is 0 Å². The standard InChI is InChI=1S/C12H13N5S/c13-12(18)16-15-7-10-1-3-11(4-2-10)8-17-6-5-14-9-17/h1-7,9H,8H2,(H3,13,16,18). The van der Waals surface area contributed by atoms with Gasteiger partial charge in [0.25, 0.3) is 0 Å². The molecule has 92 valence electrons. The minimum Gasteiger partial charge on any atom is -0.375 e. The number of imidazole rings is 1. The Hall–Kier alpha value is -2.21. The fourth-order valence-electron chi connectivity index (χ4n) is 1.47. The Morgan fingerprint density at radius 3 is 2.83 bits per heavy atom. The van der Waals surface area contributed by atoms with E-state index in [0.29, 0.717) is 0 Å². The van der Waals surface area contributed by atoms with Gasteiger partial charge in [0.2, 0.25) is 0 Å². The van der Waals surface area contributed by atoms with E-state index in [0.717, 1.165) is 12.1 Å². The Morgan fingerprint density at radius 1 is 1.44 bits per heavy atom. The summed E-state index contributed by atoms with van der Waals surface area (Å²) in [6.45, 7) is 0.808. The zero-order valence-electron chi connectivity index (χ0n) is 9.65. The fourth-order valence-corrected chi connectivity index (χ4v) is 1.52. The highest BCUT2D eigenvalue weighted by molar-refractivity contribution is 7.80. The minimum absolute atomic E-state index is 0.156. The van der Waals surface area contributed by atoms with Gasteiger partial charge in [-0.05, 0) is 23.3 Å². The molecule has 6 heteroatoms. The van der Waals surface area contributed by atoms with Crippen LogP contribution in [0.15, 0.2) is 48.1 Å². The highest BCUT2D eigenvalue weighted by Crippen LogP contribution is 2.04. The zero-order chi connectivity index (χ0) is 12.8. The van der Waals surface area contributed by atoms with E-state index in [1.807, 2.05) is 35.0 Å². The Morgan fingerprint density at radius 2 is 2.22 bits per heavy atom. The van der Waals surface area contributed by atoms with E-state index in [4.69, 9.17) is 5.73 Å². The van der Waals surface area contributed by atoms with Crippen LogP contribution in [0, 0.1) is 0 Å². The smallest absolute Gasteiger partial charge is 0.184 e. The third kappa shape index (κ3) is 3.67. The van der Waals surface area contributed by atoms with E-state index in [9.17, 15) is 0 Å². The van der Waals surface area contributed by atoms with Crippen molar-refractivity contribution in [1.29, 1.82) is 0 Å². The zero-order valence-corrected chi connectivity index (χ0v) is 10.5. The lowest BCUT2D eigenvalue weighted by molar-refractivity contribution is 0.797. The quantitative estimate of drug-likeness (QED) is 0.490. The SMILES string of the molecule is NC(=S)NN=Cc1ccc(Cn2ccnc2)cc1. The number of thiocarbonyl (C=S) groups is 1. The molecule has 0 atom stereocenters. The van der Waals surface area contributed by atoms with Gasteiger partial charge in [0, 0.05) is 18.9 Å². The fraction of sp³-hybridized carbons (Fsp3) is 0.0833. The van der Waals surface area contributed by atoms with Crippen LogP contribution in [0.1, 0.15) is 11.1 Å². The van der Waals surface area contributed by atoms with Gasteiger partial charge in [-0.25, -0.2) is 4.98 Å². The topological polar surface area (TPSA) is 68.2 Å². The molecule has 0 radical (unpaired) electrons. The number of hydrogen-bond acceptors (Lipinski definition) is 3. The number of nitrogens with one attached hydrogen (secondary N) is 1. The van der Waals surface area contributed by atoms with Gasteiger partial charge in [0.15, 0.2) is 5.11 Å². The molecule has 2 aromatic rings. The van der Waals surface area contributed by atoms with Gasteiger partial charge in [-0.15, -0.1) is 0 Å². The second kappa shape index (κ2) is 5.92. The molecule has 3 N–H and O–H groups in total. The predicted molar refractivity (Wildman–Crippen MR) is 75.3 cm³/mol. The van der Waals surface area contributed by atoms with E-state index >= 15 is 0 Å². The molecule has 1 heterocycles. The summed E-state index contributed by atoms with van der Waals surface area (Å²) in [5.74, 6) is 0. The van der Waals surface area contributed by atoms with Gasteiger partial charge >= 0.3 is 0 Å². The van der Waals surface area contributed by atoms with Crippen LogP contribution in [0.25, 0.3) is 0 Å². The summed E-state index contributed by atoms with van der Waals surface area (Å²) in [5.41, 5.74) is 9.95. The summed E-state index contributed by atoms with van der Waals surface area (Å²) in [4.78, 5) is 4.00. The molecule has 2 rings (SSSR count). The first-order valence-electron chi connectivity index (χ1n) is 5.37. The average molecular weight is 259 g/mol. The Kier molecular flexibility index (Phi) is 4.03. The number of nitrogens with two attached hydrogens (primary N) is 1. The van der Waals surface area contributed by atoms with Crippen LogP contribution in [-0.4, -0.2) is 20.9 Å². The average Bonchev–Trinajstić information content (AvgIpc) is 2.84. The normalized spacial score (nSPS) is 10.7. The van der Waals surface area contributed by atoms with E-state index in [1.54, 1.807) is 18.7 Å². The van der Waals surface area contributed by atoms with Crippen molar-refractivity contribution in [2.24, 2.45) is 10.8 Å². The van der Waals surface area contributed by atoms with Crippen molar-refractivity contribution in [1.82, 2.24) is 15.0 Å². The molecule has 0 bridgehead atoms. The number of hydrazone groups is 1. The molecule has 0 unspecified atom stereocenters. The molecule has 1 aromatic heterocycles. The van der Waals surface area contributed by atoms with Gasteiger partial charge in [0.05, 0.1) is 12.5 Å². The molecular formula is C12H13N5S. The molecule has 0 aliphatic rings. The van der Waals surface area contributed by atoms with Gasteiger partial charge in [0.1, 0.15) is 0 Å². The number of rotatable bonds is 4. The number of hydrogen-bond donors (Lipinski definition) is 2. The molecule has 0 aliphatic carbocycles. The van der Waals surface area contributed by atoms with E-state index in [-0.39, 0.29) is 5.11 Å². The van der Waals surface area contributed by atoms with Crippen LogP contribution in [0.3, 0.4) is 0 Å². The molecule has 0 saturated heterocycles. The van der Waals surface area contributed by atoms with Crippen molar-refractivity contribution in [2.75, 3.05) is 0 Å². The summed E-state index contributed by atoms with van der Waals surface area (Å²) >= 11 is 4.64. The molecule has 0 spiro atoms. The molecule has 0 aliphatic heterocycles. The van der Waals surface area contributed by atoms with Crippen LogP contribution in [0.4, 0.5) is 0 Å². The maximum Gasteiger partial charge on any atom is 0.184 e. The van der Waals surface area contributed by atoms with Gasteiger partial charge < -0.3 is 10.3 Å². The van der Waals surface area contributed by atoms with Crippen molar-refractivity contribution >= 4 is 23.5 Å². The van der Waals surface area contributed by atoms with E-state index in [1.165, 1.54) is 5.56 Å². The van der Waals surface area contributed by atoms with E-state index in [2.05, 4.69) is 27.7 Å². The molecule has 1 aromatic carbocycles.